The van der Waals surface area contributed by atoms with E-state index in [-0.39, 0.29) is 33.3 Å². The summed E-state index contributed by atoms with van der Waals surface area (Å²) in [5.74, 6) is -5.86. The van der Waals surface area contributed by atoms with Gasteiger partial charge in [-0.05, 0) is 38.2 Å². The zero-order chi connectivity index (χ0) is 34.0. The fourth-order valence-corrected chi connectivity index (χ4v) is 6.87. The lowest BCUT2D eigenvalue weighted by molar-refractivity contribution is -0.116. The molecule has 7 rings (SSSR count). The van der Waals surface area contributed by atoms with Crippen molar-refractivity contribution in [2.75, 3.05) is 36.4 Å². The number of nitrogens with one attached hydrogen (secondary N) is 1. The van der Waals surface area contributed by atoms with Crippen molar-refractivity contribution in [3.8, 4) is 16.9 Å². The fraction of sp³-hybridized carbons (Fsp3) is 0.406. The summed E-state index contributed by atoms with van der Waals surface area (Å²) in [6.07, 6.45) is 4.84. The first-order valence-corrected chi connectivity index (χ1v) is 16.1. The minimum Gasteiger partial charge on any atom is -0.504 e. The Labute approximate surface area is 276 Å². The largest absolute Gasteiger partial charge is 0.504 e. The van der Waals surface area contributed by atoms with Gasteiger partial charge in [-0.2, -0.15) is 8.78 Å². The predicted octanol–water partition coefficient (Wildman–Crippen LogP) is 3.64. The maximum Gasteiger partial charge on any atom is 0.263 e. The number of pyridine rings is 1. The molecule has 0 radical (unpaired) electrons. The van der Waals surface area contributed by atoms with Crippen LogP contribution in [0, 0.1) is 23.5 Å². The molecule has 12 nitrogen and oxygen atoms in total. The number of nitrogens with zero attached hydrogens (tertiary/aromatic N) is 6. The van der Waals surface area contributed by atoms with Crippen LogP contribution < -0.4 is 21.5 Å². The van der Waals surface area contributed by atoms with Gasteiger partial charge in [0.25, 0.3) is 11.5 Å². The van der Waals surface area contributed by atoms with Crippen molar-refractivity contribution in [3.63, 3.8) is 0 Å². The molecule has 48 heavy (non-hydrogen) atoms. The van der Waals surface area contributed by atoms with Crippen LogP contribution in [0.25, 0.3) is 22.2 Å². The Morgan fingerprint density at radius 3 is 2.58 bits per heavy atom. The predicted molar refractivity (Wildman–Crippen MR) is 172 cm³/mol. The molecule has 2 amide bonds. The molecule has 0 bridgehead atoms. The molecule has 5 heterocycles. The topological polar surface area (TPSA) is 152 Å². The molecule has 1 atom stereocenters. The third kappa shape index (κ3) is 5.64. The van der Waals surface area contributed by atoms with Crippen LogP contribution in [-0.2, 0) is 24.3 Å². The second kappa shape index (κ2) is 12.1. The number of piperazine rings is 1. The summed E-state index contributed by atoms with van der Waals surface area (Å²) in [6.45, 7) is 5.14. The number of aromatic nitrogens is 4. The number of hydrogen-bond donors (Lipinski definition) is 3. The van der Waals surface area contributed by atoms with Gasteiger partial charge in [0.15, 0.2) is 11.6 Å². The van der Waals surface area contributed by atoms with Gasteiger partial charge < -0.3 is 25.6 Å². The van der Waals surface area contributed by atoms with E-state index in [4.69, 9.17) is 17.3 Å². The molecule has 4 N–H and O–H groups in total. The van der Waals surface area contributed by atoms with Crippen molar-refractivity contribution in [2.45, 2.75) is 51.7 Å². The number of fused-ring (bicyclic) bond motifs is 2. The van der Waals surface area contributed by atoms with Crippen LogP contribution in [0.1, 0.15) is 42.4 Å². The third-order valence-electron chi connectivity index (χ3n) is 9.29. The fourth-order valence-electron chi connectivity index (χ4n) is 6.73. The smallest absolute Gasteiger partial charge is 0.263 e. The molecule has 252 valence electrons. The lowest BCUT2D eigenvalue weighted by Crippen LogP contribution is -2.52. The molecule has 3 aromatic heterocycles. The van der Waals surface area contributed by atoms with Crippen LogP contribution in [0.4, 0.5) is 24.7 Å². The molecule has 4 aromatic rings. The zero-order valence-electron chi connectivity index (χ0n) is 25.9. The summed E-state index contributed by atoms with van der Waals surface area (Å²) >= 11 is 6.25. The van der Waals surface area contributed by atoms with Crippen molar-refractivity contribution in [1.29, 1.82) is 0 Å². The highest BCUT2D eigenvalue weighted by Gasteiger charge is 2.31. The average Bonchev–Trinajstić information content (AvgIpc) is 3.59. The van der Waals surface area contributed by atoms with Gasteiger partial charge in [-0.25, -0.2) is 14.4 Å². The minimum atomic E-state index is -1.72. The van der Waals surface area contributed by atoms with Gasteiger partial charge in [-0.3, -0.25) is 23.9 Å². The van der Waals surface area contributed by atoms with E-state index >= 15 is 8.78 Å². The first-order chi connectivity index (χ1) is 22.9. The van der Waals surface area contributed by atoms with Gasteiger partial charge in [-0.1, -0.05) is 11.6 Å². The van der Waals surface area contributed by atoms with Crippen LogP contribution in [0.3, 0.4) is 0 Å². The molecule has 2 fully saturated rings. The Morgan fingerprint density at radius 2 is 1.88 bits per heavy atom. The summed E-state index contributed by atoms with van der Waals surface area (Å²) in [5, 5.41) is 12.1. The summed E-state index contributed by atoms with van der Waals surface area (Å²) in [5.41, 5.74) is 3.34. The third-order valence-corrected chi connectivity index (χ3v) is 9.64. The van der Waals surface area contributed by atoms with E-state index in [1.807, 2.05) is 11.8 Å². The van der Waals surface area contributed by atoms with E-state index in [1.165, 1.54) is 34.2 Å². The van der Waals surface area contributed by atoms with Crippen molar-refractivity contribution in [3.05, 3.63) is 62.7 Å². The summed E-state index contributed by atoms with van der Waals surface area (Å²) in [7, 11) is 0. The lowest BCUT2D eigenvalue weighted by Gasteiger charge is -2.40. The second-order valence-corrected chi connectivity index (χ2v) is 13.1. The zero-order valence-corrected chi connectivity index (χ0v) is 26.7. The molecule has 1 saturated carbocycles. The van der Waals surface area contributed by atoms with E-state index in [0.29, 0.717) is 37.6 Å². The second-order valence-electron chi connectivity index (χ2n) is 12.7. The van der Waals surface area contributed by atoms with Gasteiger partial charge in [-0.15, -0.1) is 0 Å². The normalized spacial score (nSPS) is 18.0. The SMILES string of the molecule is CC1CN(CC2CC2)CCN1c1cc(NC(=O)Cn2cc(-c3cc(C(N)=O)c(O)c(F)c3F)c3c(=O)n4c(nc32)CCC4)c(Cl)c(F)n1. The molecule has 3 aliphatic rings. The number of halogens is 4. The Bertz CT molecular complexity index is 2060. The molecule has 0 spiro atoms. The number of phenols is 1. The van der Waals surface area contributed by atoms with Gasteiger partial charge in [0.1, 0.15) is 28.9 Å². The van der Waals surface area contributed by atoms with Gasteiger partial charge in [0.05, 0.1) is 16.6 Å². The van der Waals surface area contributed by atoms with Gasteiger partial charge in [0.2, 0.25) is 17.7 Å². The number of anilines is 2. The number of amides is 2. The molecule has 1 aliphatic carbocycles. The Kier molecular flexibility index (Phi) is 8.06. The van der Waals surface area contributed by atoms with Crippen LogP contribution in [0.5, 0.6) is 5.75 Å². The standard InChI is InChI=1S/C32H32ClF3N8O4/c1-15-11-41(12-16-4-5-16)7-8-43(15)22-10-20(25(33)29(36)39-22)38-23(45)14-42-13-19(17-9-18(30(37)47)28(46)27(35)26(17)34)24-31(42)40-21-3-2-6-44(21)32(24)48/h9-10,13,15-16,46H,2-8,11-12,14H2,1H3,(H2,37,47)(H,38,39,45). The van der Waals surface area contributed by atoms with Crippen molar-refractivity contribution < 1.29 is 27.9 Å². The number of rotatable bonds is 8. The maximum absolute atomic E-state index is 15.3. The molecule has 1 aromatic carbocycles. The number of carbonyl (C=O) groups excluding carboxylic acids is 2. The highest BCUT2D eigenvalue weighted by Crippen LogP contribution is 2.37. The average molecular weight is 685 g/mol. The van der Waals surface area contributed by atoms with Crippen LogP contribution in [0.15, 0.2) is 23.1 Å². The van der Waals surface area contributed by atoms with Crippen molar-refractivity contribution in [2.24, 2.45) is 11.7 Å². The molecular formula is C32H32ClF3N8O4. The quantitative estimate of drug-likeness (QED) is 0.238. The Balaban J connectivity index is 1.22. The van der Waals surface area contributed by atoms with E-state index in [1.54, 1.807) is 0 Å². The lowest BCUT2D eigenvalue weighted by atomic mass is 10.0. The first kappa shape index (κ1) is 31.9. The van der Waals surface area contributed by atoms with Crippen molar-refractivity contribution in [1.82, 2.24) is 24.0 Å². The number of benzene rings is 1. The highest BCUT2D eigenvalue weighted by atomic mass is 35.5. The molecule has 1 saturated heterocycles. The Hall–Kier alpha value is -4.63. The van der Waals surface area contributed by atoms with Crippen LogP contribution in [0.2, 0.25) is 5.02 Å². The van der Waals surface area contributed by atoms with Gasteiger partial charge >= 0.3 is 0 Å². The number of aromatic hydroxyl groups is 1. The molecule has 1 unspecified atom stereocenters. The summed E-state index contributed by atoms with van der Waals surface area (Å²) < 4.78 is 47.8. The Morgan fingerprint density at radius 1 is 1.10 bits per heavy atom. The van der Waals surface area contributed by atoms with E-state index in [0.717, 1.165) is 31.6 Å². The van der Waals surface area contributed by atoms with E-state index in [2.05, 4.69) is 20.2 Å². The number of hydrogen-bond acceptors (Lipinski definition) is 8. The minimum absolute atomic E-state index is 0.0115. The number of nitrogens with two attached hydrogens (primary N) is 1. The molecular weight excluding hydrogens is 653 g/mol. The van der Waals surface area contributed by atoms with Crippen LogP contribution >= 0.6 is 11.6 Å². The monoisotopic (exact) mass is 684 g/mol. The summed E-state index contributed by atoms with van der Waals surface area (Å²) in [6, 6.07) is 2.39. The first-order valence-electron chi connectivity index (χ1n) is 15.7. The van der Waals surface area contributed by atoms with Gasteiger partial charge in [0, 0.05) is 68.6 Å². The van der Waals surface area contributed by atoms with Crippen LogP contribution in [-0.4, -0.2) is 73.1 Å². The number of aryl methyl sites for hydroxylation is 1. The number of carbonyl (C=O) groups is 2. The van der Waals surface area contributed by atoms with E-state index in [9.17, 15) is 23.9 Å². The summed E-state index contributed by atoms with van der Waals surface area (Å²) in [4.78, 5) is 52.0. The molecule has 2 aliphatic heterocycles. The van der Waals surface area contributed by atoms with E-state index < -0.39 is 58.4 Å². The number of primary amides is 1. The highest BCUT2D eigenvalue weighted by molar-refractivity contribution is 6.33. The van der Waals surface area contributed by atoms with Crippen molar-refractivity contribution >= 4 is 46.0 Å². The molecule has 16 heteroatoms. The maximum atomic E-state index is 15.3.